The number of piperazine rings is 1. The lowest BCUT2D eigenvalue weighted by molar-refractivity contribution is -0.131. The summed E-state index contributed by atoms with van der Waals surface area (Å²) in [4.78, 5) is 16.6. The van der Waals surface area contributed by atoms with Crippen LogP contribution in [0, 0.1) is 5.92 Å². The van der Waals surface area contributed by atoms with E-state index >= 15 is 0 Å². The van der Waals surface area contributed by atoms with Gasteiger partial charge in [-0.05, 0) is 19.3 Å². The maximum absolute atomic E-state index is 11.9. The van der Waals surface area contributed by atoms with Gasteiger partial charge in [-0.1, -0.05) is 0 Å². The molecule has 2 saturated heterocycles. The minimum absolute atomic E-state index is 0. The van der Waals surface area contributed by atoms with E-state index in [-0.39, 0.29) is 12.4 Å². The largest absolute Gasteiger partial charge is 0.341 e. The second-order valence-corrected chi connectivity index (χ2v) is 5.29. The van der Waals surface area contributed by atoms with Crippen LogP contribution in [0.15, 0.2) is 0 Å². The number of hydrogen-bond donors (Lipinski definition) is 1. The second kappa shape index (κ2) is 5.55. The number of amides is 1. The van der Waals surface area contributed by atoms with Crippen LogP contribution in [0.2, 0.25) is 0 Å². The van der Waals surface area contributed by atoms with Crippen molar-refractivity contribution in [3.05, 3.63) is 0 Å². The third-order valence-electron chi connectivity index (χ3n) is 4.07. The van der Waals surface area contributed by atoms with Crippen LogP contribution in [0.25, 0.3) is 0 Å². The fourth-order valence-corrected chi connectivity index (χ4v) is 2.88. The Kier molecular flexibility index (Phi) is 4.28. The van der Waals surface area contributed by atoms with Gasteiger partial charge in [0.2, 0.25) is 5.91 Å². The van der Waals surface area contributed by atoms with E-state index < -0.39 is 0 Å². The molecule has 4 nitrogen and oxygen atoms in total. The Bertz CT molecular complexity index is 277. The molecule has 2 aliphatic heterocycles. The predicted molar refractivity (Wildman–Crippen MR) is 69.4 cm³/mol. The van der Waals surface area contributed by atoms with E-state index in [4.69, 9.17) is 0 Å². The molecule has 0 aromatic heterocycles. The van der Waals surface area contributed by atoms with Gasteiger partial charge in [-0.25, -0.2) is 0 Å². The standard InChI is InChI=1S/C12H21N3O.ClH/c16-12(10-1-2-10)15-6-3-11(9-15)14-7-4-13-5-8-14;/h10-11,13H,1-9H2;1H. The summed E-state index contributed by atoms with van der Waals surface area (Å²) < 4.78 is 0. The highest BCUT2D eigenvalue weighted by Gasteiger charge is 2.37. The summed E-state index contributed by atoms with van der Waals surface area (Å²) in [7, 11) is 0. The minimum Gasteiger partial charge on any atom is -0.341 e. The van der Waals surface area contributed by atoms with Crippen LogP contribution < -0.4 is 5.32 Å². The van der Waals surface area contributed by atoms with E-state index in [9.17, 15) is 4.79 Å². The van der Waals surface area contributed by atoms with Crippen molar-refractivity contribution in [1.82, 2.24) is 15.1 Å². The zero-order chi connectivity index (χ0) is 11.0. The van der Waals surface area contributed by atoms with Crippen LogP contribution in [0.5, 0.6) is 0 Å². The van der Waals surface area contributed by atoms with Gasteiger partial charge in [0.05, 0.1) is 0 Å². The van der Waals surface area contributed by atoms with E-state index in [1.165, 1.54) is 6.42 Å². The molecule has 0 radical (unpaired) electrons. The van der Waals surface area contributed by atoms with Gasteiger partial charge < -0.3 is 10.2 Å². The van der Waals surface area contributed by atoms with Crippen molar-refractivity contribution in [2.24, 2.45) is 5.92 Å². The molecule has 1 saturated carbocycles. The average Bonchev–Trinajstić information content (AvgIpc) is 3.07. The number of halogens is 1. The van der Waals surface area contributed by atoms with Crippen molar-refractivity contribution in [3.8, 4) is 0 Å². The Hall–Kier alpha value is -0.320. The molecule has 1 atom stereocenters. The van der Waals surface area contributed by atoms with Crippen molar-refractivity contribution >= 4 is 18.3 Å². The van der Waals surface area contributed by atoms with Gasteiger partial charge in [-0.15, -0.1) is 12.4 Å². The van der Waals surface area contributed by atoms with E-state index in [0.717, 1.165) is 52.1 Å². The Balaban J connectivity index is 0.00000108. The van der Waals surface area contributed by atoms with Gasteiger partial charge in [0.15, 0.2) is 0 Å². The number of likely N-dealkylation sites (tertiary alicyclic amines) is 1. The number of nitrogens with zero attached hydrogens (tertiary/aromatic N) is 2. The highest BCUT2D eigenvalue weighted by molar-refractivity contribution is 5.85. The molecular weight excluding hydrogens is 238 g/mol. The number of carbonyl (C=O) groups is 1. The third kappa shape index (κ3) is 2.92. The molecule has 1 N–H and O–H groups in total. The molecule has 0 aromatic carbocycles. The fourth-order valence-electron chi connectivity index (χ4n) is 2.88. The van der Waals surface area contributed by atoms with E-state index in [1.54, 1.807) is 0 Å². The number of nitrogens with one attached hydrogen (secondary N) is 1. The topological polar surface area (TPSA) is 35.6 Å². The first-order chi connectivity index (χ1) is 7.84. The van der Waals surface area contributed by atoms with E-state index in [1.807, 2.05) is 0 Å². The monoisotopic (exact) mass is 259 g/mol. The summed E-state index contributed by atoms with van der Waals surface area (Å²) >= 11 is 0. The molecule has 0 bridgehead atoms. The van der Waals surface area contributed by atoms with Crippen LogP contribution in [0.4, 0.5) is 0 Å². The molecule has 1 amide bonds. The molecule has 0 aromatic rings. The zero-order valence-electron chi connectivity index (χ0n) is 10.2. The summed E-state index contributed by atoms with van der Waals surface area (Å²) in [5, 5.41) is 3.38. The molecule has 1 unspecified atom stereocenters. The number of rotatable bonds is 2. The molecule has 1 aliphatic carbocycles. The van der Waals surface area contributed by atoms with Gasteiger partial charge in [0.25, 0.3) is 0 Å². The van der Waals surface area contributed by atoms with Gasteiger partial charge in [0.1, 0.15) is 0 Å². The van der Waals surface area contributed by atoms with Crippen LogP contribution in [0.3, 0.4) is 0 Å². The minimum atomic E-state index is 0. The van der Waals surface area contributed by atoms with Crippen molar-refractivity contribution in [1.29, 1.82) is 0 Å². The van der Waals surface area contributed by atoms with Crippen LogP contribution in [0.1, 0.15) is 19.3 Å². The maximum Gasteiger partial charge on any atom is 0.225 e. The molecule has 3 aliphatic rings. The fraction of sp³-hybridized carbons (Fsp3) is 0.917. The van der Waals surface area contributed by atoms with E-state index in [2.05, 4.69) is 15.1 Å². The van der Waals surface area contributed by atoms with Crippen molar-refractivity contribution in [2.45, 2.75) is 25.3 Å². The molecule has 98 valence electrons. The molecule has 17 heavy (non-hydrogen) atoms. The van der Waals surface area contributed by atoms with Crippen molar-refractivity contribution in [3.63, 3.8) is 0 Å². The SMILES string of the molecule is Cl.O=C(C1CC1)N1CCC(N2CCNCC2)C1. The van der Waals surface area contributed by atoms with Crippen LogP contribution in [-0.4, -0.2) is 61.0 Å². The first-order valence-corrected chi connectivity index (χ1v) is 6.58. The maximum atomic E-state index is 11.9. The lowest BCUT2D eigenvalue weighted by Gasteiger charge is -2.32. The van der Waals surface area contributed by atoms with E-state index in [0.29, 0.717) is 17.9 Å². The third-order valence-corrected chi connectivity index (χ3v) is 4.07. The molecule has 2 heterocycles. The van der Waals surface area contributed by atoms with Gasteiger partial charge in [-0.2, -0.15) is 0 Å². The number of carbonyl (C=O) groups excluding carboxylic acids is 1. The molecular formula is C12H22ClN3O. The Morgan fingerprint density at radius 1 is 1.06 bits per heavy atom. The summed E-state index contributed by atoms with van der Waals surface area (Å²) in [5.74, 6) is 0.819. The van der Waals surface area contributed by atoms with Crippen LogP contribution >= 0.6 is 12.4 Å². The summed E-state index contributed by atoms with van der Waals surface area (Å²) in [6, 6.07) is 0.629. The van der Waals surface area contributed by atoms with Gasteiger partial charge in [-0.3, -0.25) is 9.69 Å². The van der Waals surface area contributed by atoms with Gasteiger partial charge in [0, 0.05) is 51.2 Å². The highest BCUT2D eigenvalue weighted by atomic mass is 35.5. The second-order valence-electron chi connectivity index (χ2n) is 5.29. The smallest absolute Gasteiger partial charge is 0.225 e. The summed E-state index contributed by atoms with van der Waals surface area (Å²) in [6.45, 7) is 6.48. The van der Waals surface area contributed by atoms with Gasteiger partial charge >= 0.3 is 0 Å². The number of hydrogen-bond acceptors (Lipinski definition) is 3. The van der Waals surface area contributed by atoms with Crippen molar-refractivity contribution < 1.29 is 4.79 Å². The highest BCUT2D eigenvalue weighted by Crippen LogP contribution is 2.32. The first kappa shape index (κ1) is 13.1. The van der Waals surface area contributed by atoms with Crippen LogP contribution in [-0.2, 0) is 4.79 Å². The lowest BCUT2D eigenvalue weighted by Crippen LogP contribution is -2.49. The molecule has 3 rings (SSSR count). The Morgan fingerprint density at radius 2 is 1.76 bits per heavy atom. The molecule has 0 spiro atoms. The lowest BCUT2D eigenvalue weighted by atomic mass is 10.2. The van der Waals surface area contributed by atoms with Crippen molar-refractivity contribution in [2.75, 3.05) is 39.3 Å². The quantitative estimate of drug-likeness (QED) is 0.776. The predicted octanol–water partition coefficient (Wildman–Crippen LogP) is 0.324. The Labute approximate surface area is 109 Å². The first-order valence-electron chi connectivity index (χ1n) is 6.58. The Morgan fingerprint density at radius 3 is 2.41 bits per heavy atom. The zero-order valence-corrected chi connectivity index (χ0v) is 11.0. The normalized spacial score (nSPS) is 30.1. The summed E-state index contributed by atoms with van der Waals surface area (Å²) in [5.41, 5.74) is 0. The molecule has 5 heteroatoms. The summed E-state index contributed by atoms with van der Waals surface area (Å²) in [6.07, 6.45) is 3.44. The molecule has 3 fully saturated rings. The average molecular weight is 260 g/mol.